The first-order valence-corrected chi connectivity index (χ1v) is 7.12. The molecular weight excluding hydrogens is 238 g/mol. The zero-order chi connectivity index (χ0) is 12.9. The van der Waals surface area contributed by atoms with Crippen molar-refractivity contribution in [2.45, 2.75) is 12.8 Å². The zero-order valence-electron chi connectivity index (χ0n) is 9.73. The maximum atomic E-state index is 10.9. The third-order valence-electron chi connectivity index (χ3n) is 2.26. The quantitative estimate of drug-likeness (QED) is 0.502. The number of hydrogen-bond donors (Lipinski definition) is 3. The SMILES string of the molecule is CS(=O)(=O)NCCc1ccccc1CC(=N)N. The van der Waals surface area contributed by atoms with Crippen molar-refractivity contribution in [2.75, 3.05) is 12.8 Å². The molecule has 0 heterocycles. The van der Waals surface area contributed by atoms with E-state index in [1.165, 1.54) is 0 Å². The van der Waals surface area contributed by atoms with E-state index in [2.05, 4.69) is 4.72 Å². The van der Waals surface area contributed by atoms with Gasteiger partial charge in [-0.2, -0.15) is 0 Å². The molecule has 17 heavy (non-hydrogen) atoms. The van der Waals surface area contributed by atoms with Crippen LogP contribution in [0.1, 0.15) is 11.1 Å². The van der Waals surface area contributed by atoms with Gasteiger partial charge in [-0.15, -0.1) is 0 Å². The molecule has 0 amide bonds. The van der Waals surface area contributed by atoms with Crippen molar-refractivity contribution in [2.24, 2.45) is 5.73 Å². The molecule has 4 N–H and O–H groups in total. The van der Waals surface area contributed by atoms with Crippen molar-refractivity contribution in [1.29, 1.82) is 5.41 Å². The van der Waals surface area contributed by atoms with Gasteiger partial charge in [0.05, 0.1) is 12.1 Å². The highest BCUT2D eigenvalue weighted by molar-refractivity contribution is 7.88. The van der Waals surface area contributed by atoms with Gasteiger partial charge in [0.1, 0.15) is 0 Å². The molecule has 0 unspecified atom stereocenters. The normalized spacial score (nSPS) is 11.4. The molecule has 1 aromatic carbocycles. The Hall–Kier alpha value is -1.40. The van der Waals surface area contributed by atoms with Crippen LogP contribution in [0.4, 0.5) is 0 Å². The molecule has 0 radical (unpaired) electrons. The van der Waals surface area contributed by atoms with Crippen LogP contribution in [-0.4, -0.2) is 27.1 Å². The molecule has 94 valence electrons. The average molecular weight is 255 g/mol. The minimum atomic E-state index is -3.15. The van der Waals surface area contributed by atoms with Gasteiger partial charge in [-0.3, -0.25) is 5.41 Å². The fourth-order valence-electron chi connectivity index (χ4n) is 1.55. The van der Waals surface area contributed by atoms with Crippen LogP contribution < -0.4 is 10.5 Å². The van der Waals surface area contributed by atoms with E-state index in [9.17, 15) is 8.42 Å². The van der Waals surface area contributed by atoms with Crippen LogP contribution in [0.3, 0.4) is 0 Å². The lowest BCUT2D eigenvalue weighted by atomic mass is 10.0. The van der Waals surface area contributed by atoms with E-state index in [4.69, 9.17) is 11.1 Å². The smallest absolute Gasteiger partial charge is 0.208 e. The Bertz CT molecular complexity index is 497. The summed E-state index contributed by atoms with van der Waals surface area (Å²) in [6, 6.07) is 7.59. The molecule has 0 saturated carbocycles. The fourth-order valence-corrected chi connectivity index (χ4v) is 2.02. The number of hydrogen-bond acceptors (Lipinski definition) is 3. The lowest BCUT2D eigenvalue weighted by Crippen LogP contribution is -2.24. The third kappa shape index (κ3) is 5.46. The molecule has 5 nitrogen and oxygen atoms in total. The maximum Gasteiger partial charge on any atom is 0.208 e. The summed E-state index contributed by atoms with van der Waals surface area (Å²) in [6.45, 7) is 0.355. The molecule has 0 aromatic heterocycles. The summed E-state index contributed by atoms with van der Waals surface area (Å²) < 4.78 is 24.3. The Labute approximate surface area is 102 Å². The number of nitrogens with one attached hydrogen (secondary N) is 2. The van der Waals surface area contributed by atoms with Gasteiger partial charge in [-0.1, -0.05) is 24.3 Å². The summed E-state index contributed by atoms with van der Waals surface area (Å²) in [6.07, 6.45) is 2.13. The number of nitrogens with two attached hydrogens (primary N) is 1. The van der Waals surface area contributed by atoms with E-state index in [1.54, 1.807) is 0 Å². The predicted molar refractivity (Wildman–Crippen MR) is 68.6 cm³/mol. The van der Waals surface area contributed by atoms with E-state index in [1.807, 2.05) is 24.3 Å². The van der Waals surface area contributed by atoms with E-state index >= 15 is 0 Å². The van der Waals surface area contributed by atoms with Crippen LogP contribution in [0, 0.1) is 5.41 Å². The van der Waals surface area contributed by atoms with E-state index in [0.29, 0.717) is 19.4 Å². The first-order chi connectivity index (χ1) is 7.88. The van der Waals surface area contributed by atoms with Crippen molar-refractivity contribution < 1.29 is 8.42 Å². The van der Waals surface area contributed by atoms with Gasteiger partial charge in [-0.05, 0) is 17.5 Å². The molecule has 0 fully saturated rings. The molecule has 0 saturated heterocycles. The van der Waals surface area contributed by atoms with Gasteiger partial charge in [-0.25, -0.2) is 13.1 Å². The van der Waals surface area contributed by atoms with Gasteiger partial charge < -0.3 is 5.73 Å². The molecule has 0 bridgehead atoms. The van der Waals surface area contributed by atoms with Crippen molar-refractivity contribution in [3.05, 3.63) is 35.4 Å². The second-order valence-corrected chi connectivity index (χ2v) is 5.72. The Kier molecular flexibility index (Phi) is 4.65. The Morgan fingerprint density at radius 2 is 1.94 bits per heavy atom. The first kappa shape index (κ1) is 13.7. The number of sulfonamides is 1. The largest absolute Gasteiger partial charge is 0.387 e. The van der Waals surface area contributed by atoms with Crippen molar-refractivity contribution >= 4 is 15.9 Å². The summed E-state index contributed by atoms with van der Waals surface area (Å²) >= 11 is 0. The Balaban J connectivity index is 2.67. The third-order valence-corrected chi connectivity index (χ3v) is 2.99. The van der Waals surface area contributed by atoms with Gasteiger partial charge in [0, 0.05) is 13.0 Å². The Morgan fingerprint density at radius 3 is 2.47 bits per heavy atom. The zero-order valence-corrected chi connectivity index (χ0v) is 10.5. The first-order valence-electron chi connectivity index (χ1n) is 5.23. The van der Waals surface area contributed by atoms with Crippen molar-refractivity contribution in [3.63, 3.8) is 0 Å². The van der Waals surface area contributed by atoms with Crippen LogP contribution in [0.15, 0.2) is 24.3 Å². The Morgan fingerprint density at radius 1 is 1.35 bits per heavy atom. The van der Waals surface area contributed by atoms with Crippen molar-refractivity contribution in [3.8, 4) is 0 Å². The van der Waals surface area contributed by atoms with E-state index < -0.39 is 10.0 Å². The number of rotatable bonds is 6. The minimum Gasteiger partial charge on any atom is -0.387 e. The summed E-state index contributed by atoms with van der Waals surface area (Å²) in [4.78, 5) is 0. The predicted octanol–water partition coefficient (Wildman–Crippen LogP) is 0.257. The number of benzene rings is 1. The molecule has 1 aromatic rings. The molecule has 0 atom stereocenters. The van der Waals surface area contributed by atoms with Crippen LogP contribution in [0.2, 0.25) is 0 Å². The second-order valence-electron chi connectivity index (χ2n) is 3.89. The van der Waals surface area contributed by atoms with Crippen LogP contribution >= 0.6 is 0 Å². The minimum absolute atomic E-state index is 0.105. The molecule has 1 rings (SSSR count). The summed E-state index contributed by atoms with van der Waals surface area (Å²) in [7, 11) is -3.15. The van der Waals surface area contributed by atoms with Crippen LogP contribution in [0.25, 0.3) is 0 Å². The van der Waals surface area contributed by atoms with Gasteiger partial charge in [0.2, 0.25) is 10.0 Å². The molecular formula is C11H17N3O2S. The van der Waals surface area contributed by atoms with Gasteiger partial charge in [0.15, 0.2) is 0 Å². The molecule has 0 spiro atoms. The van der Waals surface area contributed by atoms with Crippen molar-refractivity contribution in [1.82, 2.24) is 4.72 Å². The second kappa shape index (κ2) is 5.79. The number of amidine groups is 1. The summed E-state index contributed by atoms with van der Waals surface area (Å²) in [5.74, 6) is 0.105. The highest BCUT2D eigenvalue weighted by Crippen LogP contribution is 2.09. The molecule has 0 aliphatic rings. The van der Waals surface area contributed by atoms with Crippen LogP contribution in [0.5, 0.6) is 0 Å². The fraction of sp³-hybridized carbons (Fsp3) is 0.364. The van der Waals surface area contributed by atoms with Gasteiger partial charge in [0.25, 0.3) is 0 Å². The average Bonchev–Trinajstić information content (AvgIpc) is 2.18. The summed E-state index contributed by atoms with van der Waals surface area (Å²) in [5, 5.41) is 7.27. The van der Waals surface area contributed by atoms with E-state index in [0.717, 1.165) is 17.4 Å². The monoisotopic (exact) mass is 255 g/mol. The van der Waals surface area contributed by atoms with Gasteiger partial charge >= 0.3 is 0 Å². The lowest BCUT2D eigenvalue weighted by molar-refractivity contribution is 0.588. The highest BCUT2D eigenvalue weighted by Gasteiger charge is 2.05. The van der Waals surface area contributed by atoms with Crippen LogP contribution in [-0.2, 0) is 22.9 Å². The lowest BCUT2D eigenvalue weighted by Gasteiger charge is -2.08. The standard InChI is InChI=1S/C11H17N3O2S/c1-17(15,16)14-7-6-9-4-2-3-5-10(9)8-11(12)13/h2-5,14H,6-8H2,1H3,(H3,12,13). The topological polar surface area (TPSA) is 96.0 Å². The molecule has 6 heteroatoms. The summed E-state index contributed by atoms with van der Waals surface area (Å²) in [5.41, 5.74) is 7.34. The maximum absolute atomic E-state index is 10.9. The molecule has 0 aliphatic carbocycles. The highest BCUT2D eigenvalue weighted by atomic mass is 32.2. The molecule has 0 aliphatic heterocycles. The van der Waals surface area contributed by atoms with E-state index in [-0.39, 0.29) is 5.84 Å².